The molecule has 0 bridgehead atoms. The molecule has 3 N–H and O–H groups in total. The summed E-state index contributed by atoms with van der Waals surface area (Å²) in [5.74, 6) is 1.63. The monoisotopic (exact) mass is 552 g/mol. The Hall–Kier alpha value is -2.84. The molecule has 0 aliphatic rings. The summed E-state index contributed by atoms with van der Waals surface area (Å²) in [5, 5.41) is 17.6. The number of benzene rings is 1. The highest BCUT2D eigenvalue weighted by Crippen LogP contribution is 2.36. The Kier molecular flexibility index (Phi) is 13.5. The van der Waals surface area contributed by atoms with Gasteiger partial charge in [0.1, 0.15) is 10.8 Å². The van der Waals surface area contributed by atoms with Crippen LogP contribution < -0.4 is 10.6 Å². The second-order valence-electron chi connectivity index (χ2n) is 9.47. The SMILES string of the molecule is CC.CCC(=NC)c1nc(-c2c(C)nc(N[C@H](C)c3ccc(C)cc3)nc2NCCC(CC)CO)sc1CC. The smallest absolute Gasteiger partial charge is 0.225 e. The van der Waals surface area contributed by atoms with Crippen molar-refractivity contribution in [1.29, 1.82) is 0 Å². The molecule has 0 aliphatic heterocycles. The van der Waals surface area contributed by atoms with E-state index < -0.39 is 0 Å². The van der Waals surface area contributed by atoms with Crippen LogP contribution in [0.3, 0.4) is 0 Å². The molecular weight excluding hydrogens is 504 g/mol. The summed E-state index contributed by atoms with van der Waals surface area (Å²) in [6.07, 6.45) is 3.55. The van der Waals surface area contributed by atoms with Gasteiger partial charge in [0.2, 0.25) is 5.95 Å². The molecule has 214 valence electrons. The first-order valence-corrected chi connectivity index (χ1v) is 15.2. The zero-order chi connectivity index (χ0) is 28.9. The van der Waals surface area contributed by atoms with Crippen molar-refractivity contribution in [2.24, 2.45) is 10.9 Å². The minimum Gasteiger partial charge on any atom is -0.396 e. The maximum absolute atomic E-state index is 9.64. The summed E-state index contributed by atoms with van der Waals surface area (Å²) in [7, 11) is 1.83. The molecule has 0 saturated carbocycles. The number of hydrogen-bond acceptors (Lipinski definition) is 8. The molecule has 1 aromatic carbocycles. The fourth-order valence-electron chi connectivity index (χ4n) is 4.33. The van der Waals surface area contributed by atoms with E-state index in [9.17, 15) is 5.11 Å². The third-order valence-electron chi connectivity index (χ3n) is 6.80. The van der Waals surface area contributed by atoms with Gasteiger partial charge < -0.3 is 15.7 Å². The molecule has 7 nitrogen and oxygen atoms in total. The number of aliphatic hydroxyl groups excluding tert-OH is 1. The highest BCUT2D eigenvalue weighted by atomic mass is 32.1. The topological polar surface area (TPSA) is 95.3 Å². The highest BCUT2D eigenvalue weighted by Gasteiger charge is 2.22. The lowest BCUT2D eigenvalue weighted by Gasteiger charge is -2.19. The number of anilines is 2. The lowest BCUT2D eigenvalue weighted by molar-refractivity contribution is 0.217. The first-order valence-electron chi connectivity index (χ1n) is 14.4. The summed E-state index contributed by atoms with van der Waals surface area (Å²) in [5.41, 5.74) is 6.23. The van der Waals surface area contributed by atoms with E-state index >= 15 is 0 Å². The minimum atomic E-state index is 0.0589. The Balaban J connectivity index is 0.00000260. The van der Waals surface area contributed by atoms with Crippen LogP contribution in [0.15, 0.2) is 29.3 Å². The van der Waals surface area contributed by atoms with E-state index in [1.165, 1.54) is 16.0 Å². The fraction of sp³-hybridized carbons (Fsp3) is 0.548. The first-order chi connectivity index (χ1) is 18.8. The predicted octanol–water partition coefficient (Wildman–Crippen LogP) is 7.63. The van der Waals surface area contributed by atoms with Crippen molar-refractivity contribution in [3.05, 3.63) is 51.7 Å². The molecular formula is C31H48N6OS. The minimum absolute atomic E-state index is 0.0589. The third-order valence-corrected chi connectivity index (χ3v) is 8.02. The van der Waals surface area contributed by atoms with Gasteiger partial charge in [-0.3, -0.25) is 4.99 Å². The van der Waals surface area contributed by atoms with Crippen LogP contribution in [0.25, 0.3) is 10.6 Å². The molecule has 0 spiro atoms. The fourth-order valence-corrected chi connectivity index (χ4v) is 5.45. The number of hydrogen-bond donors (Lipinski definition) is 3. The summed E-state index contributed by atoms with van der Waals surface area (Å²) < 4.78 is 0. The van der Waals surface area contributed by atoms with E-state index in [-0.39, 0.29) is 18.6 Å². The number of nitrogens with one attached hydrogen (secondary N) is 2. The van der Waals surface area contributed by atoms with Gasteiger partial charge in [-0.1, -0.05) is 70.9 Å². The molecule has 39 heavy (non-hydrogen) atoms. The van der Waals surface area contributed by atoms with Gasteiger partial charge in [-0.15, -0.1) is 11.3 Å². The van der Waals surface area contributed by atoms with Gasteiger partial charge in [0.25, 0.3) is 0 Å². The lowest BCUT2D eigenvalue weighted by atomic mass is 10.0. The van der Waals surface area contributed by atoms with Crippen molar-refractivity contribution < 1.29 is 5.11 Å². The molecule has 2 atom stereocenters. The molecule has 1 unspecified atom stereocenters. The van der Waals surface area contributed by atoms with Crippen LogP contribution in [0.1, 0.15) is 94.2 Å². The maximum Gasteiger partial charge on any atom is 0.225 e. The Morgan fingerprint density at radius 3 is 2.31 bits per heavy atom. The van der Waals surface area contributed by atoms with Gasteiger partial charge in [-0.05, 0) is 51.5 Å². The second kappa shape index (κ2) is 16.3. The van der Waals surface area contributed by atoms with E-state index in [1.54, 1.807) is 11.3 Å². The van der Waals surface area contributed by atoms with Crippen molar-refractivity contribution >= 4 is 28.8 Å². The highest BCUT2D eigenvalue weighted by molar-refractivity contribution is 7.15. The number of nitrogens with zero attached hydrogens (tertiary/aromatic N) is 4. The van der Waals surface area contributed by atoms with E-state index in [2.05, 4.69) is 74.5 Å². The largest absolute Gasteiger partial charge is 0.396 e. The number of rotatable bonds is 13. The van der Waals surface area contributed by atoms with Gasteiger partial charge in [0, 0.05) is 25.1 Å². The number of aromatic nitrogens is 3. The first kappa shape index (κ1) is 32.4. The van der Waals surface area contributed by atoms with Gasteiger partial charge in [-0.2, -0.15) is 4.98 Å². The summed E-state index contributed by atoms with van der Waals surface area (Å²) in [6, 6.07) is 8.57. The molecule has 0 aliphatic carbocycles. The van der Waals surface area contributed by atoms with Crippen LogP contribution in [0.4, 0.5) is 11.8 Å². The van der Waals surface area contributed by atoms with Gasteiger partial charge in [0.05, 0.1) is 28.7 Å². The molecule has 0 amide bonds. The summed E-state index contributed by atoms with van der Waals surface area (Å²) in [4.78, 5) is 20.5. The van der Waals surface area contributed by atoms with Crippen molar-refractivity contribution in [3.8, 4) is 10.6 Å². The quantitative estimate of drug-likeness (QED) is 0.189. The molecule has 3 aromatic rings. The average Bonchev–Trinajstić information content (AvgIpc) is 3.36. The van der Waals surface area contributed by atoms with Crippen LogP contribution in [0.2, 0.25) is 0 Å². The van der Waals surface area contributed by atoms with Gasteiger partial charge >= 0.3 is 0 Å². The standard InChI is InChI=1S/C29H42N6OS.C2H6/c1-8-21(17-36)15-16-31-27-25(28-34-26(23(9-2)30-7)24(10-3)37-28)20(6)33-29(35-27)32-19(5)22-13-11-18(4)12-14-22;1-2/h11-14,19,21,36H,8-10,15-17H2,1-7H3,(H2,31,32,33,35);1-2H3/t19-,21?;/m1./s1. The third kappa shape index (κ3) is 8.57. The van der Waals surface area contributed by atoms with Crippen LogP contribution in [-0.4, -0.2) is 46.0 Å². The van der Waals surface area contributed by atoms with Crippen LogP contribution in [0.5, 0.6) is 0 Å². The lowest BCUT2D eigenvalue weighted by Crippen LogP contribution is -2.15. The summed E-state index contributed by atoms with van der Waals surface area (Å²) >= 11 is 1.69. The normalized spacial score (nSPS) is 12.9. The van der Waals surface area contributed by atoms with Crippen molar-refractivity contribution in [3.63, 3.8) is 0 Å². The van der Waals surface area contributed by atoms with Gasteiger partial charge in [-0.25, -0.2) is 9.97 Å². The zero-order valence-electron chi connectivity index (χ0n) is 25.4. The Bertz CT molecular complexity index is 1180. The summed E-state index contributed by atoms with van der Waals surface area (Å²) in [6.45, 7) is 17.5. The molecule has 0 saturated heterocycles. The zero-order valence-corrected chi connectivity index (χ0v) is 26.2. The number of thiazole rings is 1. The van der Waals surface area contributed by atoms with Crippen molar-refractivity contribution in [2.45, 2.75) is 87.1 Å². The average molecular weight is 553 g/mol. The number of aliphatic hydroxyl groups is 1. The van der Waals surface area contributed by atoms with E-state index in [1.807, 2.05) is 27.8 Å². The number of aryl methyl sites for hydroxylation is 3. The second-order valence-corrected chi connectivity index (χ2v) is 10.6. The Morgan fingerprint density at radius 2 is 1.74 bits per heavy atom. The van der Waals surface area contributed by atoms with E-state index in [4.69, 9.17) is 15.0 Å². The maximum atomic E-state index is 9.64. The Morgan fingerprint density at radius 1 is 1.05 bits per heavy atom. The molecule has 2 heterocycles. The van der Waals surface area contributed by atoms with Crippen LogP contribution in [-0.2, 0) is 6.42 Å². The predicted molar refractivity (Wildman–Crippen MR) is 169 cm³/mol. The molecule has 8 heteroatoms. The molecule has 0 fully saturated rings. The molecule has 3 rings (SSSR count). The van der Waals surface area contributed by atoms with E-state index in [0.29, 0.717) is 12.5 Å². The van der Waals surface area contributed by atoms with Crippen LogP contribution in [0, 0.1) is 19.8 Å². The van der Waals surface area contributed by atoms with Crippen molar-refractivity contribution in [2.75, 3.05) is 30.8 Å². The van der Waals surface area contributed by atoms with Crippen LogP contribution >= 0.6 is 11.3 Å². The van der Waals surface area contributed by atoms with E-state index in [0.717, 1.165) is 59.2 Å². The molecule has 0 radical (unpaired) electrons. The number of aliphatic imine (C=N–C) groups is 1. The van der Waals surface area contributed by atoms with Gasteiger partial charge in [0.15, 0.2) is 0 Å². The van der Waals surface area contributed by atoms with Crippen molar-refractivity contribution in [1.82, 2.24) is 15.0 Å². The Labute approximate surface area is 239 Å². The molecule has 2 aromatic heterocycles.